The molecule has 3 heterocycles. The summed E-state index contributed by atoms with van der Waals surface area (Å²) in [6.07, 6.45) is 1.83. The van der Waals surface area contributed by atoms with Crippen molar-refractivity contribution in [3.8, 4) is 33.9 Å². The number of rotatable bonds is 1. The van der Waals surface area contributed by atoms with Crippen molar-refractivity contribution in [2.24, 2.45) is 0 Å². The van der Waals surface area contributed by atoms with Crippen LogP contribution in [0.25, 0.3) is 33.2 Å². The summed E-state index contributed by atoms with van der Waals surface area (Å²) in [6, 6.07) is 32.1. The predicted octanol–water partition coefficient (Wildman–Crippen LogP) is 4.50. The van der Waals surface area contributed by atoms with Crippen molar-refractivity contribution in [1.82, 2.24) is 4.98 Å². The fourth-order valence-corrected chi connectivity index (χ4v) is 5.19. The lowest BCUT2D eigenvalue weighted by Crippen LogP contribution is -2.57. The Labute approximate surface area is 174 Å². The highest BCUT2D eigenvalue weighted by Gasteiger charge is 2.39. The minimum atomic E-state index is 0.155. The number of ether oxygens (including phenoxy) is 1. The summed E-state index contributed by atoms with van der Waals surface area (Å²) in [5.74, 6) is 1.87. The average molecular weight is 381 g/mol. The van der Waals surface area contributed by atoms with Gasteiger partial charge in [0.1, 0.15) is 11.5 Å². The van der Waals surface area contributed by atoms with Crippen LogP contribution in [0.2, 0.25) is 0 Å². The van der Waals surface area contributed by atoms with Crippen molar-refractivity contribution in [1.29, 1.82) is 0 Å². The summed E-state index contributed by atoms with van der Waals surface area (Å²) in [6.45, 7) is 0.155. The second-order valence-electron chi connectivity index (χ2n) is 7.94. The molecule has 2 aliphatic heterocycles. The van der Waals surface area contributed by atoms with Gasteiger partial charge < -0.3 is 4.74 Å². The fraction of sp³-hybridized carbons (Fsp3) is 0. The van der Waals surface area contributed by atoms with E-state index >= 15 is 0 Å². The van der Waals surface area contributed by atoms with Crippen LogP contribution in [-0.2, 0) is 0 Å². The molecule has 0 radical (unpaired) electrons. The minimum absolute atomic E-state index is 0.155. The molecule has 30 heavy (non-hydrogen) atoms. The Morgan fingerprint density at radius 2 is 1.43 bits per heavy atom. The second kappa shape index (κ2) is 5.83. The molecule has 0 aliphatic carbocycles. The van der Waals surface area contributed by atoms with Crippen molar-refractivity contribution >= 4 is 33.9 Å². The van der Waals surface area contributed by atoms with Crippen molar-refractivity contribution in [2.45, 2.75) is 0 Å². The van der Waals surface area contributed by atoms with Gasteiger partial charge in [-0.3, -0.25) is 4.98 Å². The summed E-state index contributed by atoms with van der Waals surface area (Å²) >= 11 is 0. The molecule has 0 saturated heterocycles. The number of hydrogen-bond acceptors (Lipinski definition) is 2. The molecule has 0 bridgehead atoms. The highest BCUT2D eigenvalue weighted by atomic mass is 16.5. The molecule has 0 amide bonds. The number of hydrogen-bond donors (Lipinski definition) is 0. The summed E-state index contributed by atoms with van der Waals surface area (Å²) in [5, 5.41) is 2.58. The highest BCUT2D eigenvalue weighted by Crippen LogP contribution is 2.39. The van der Waals surface area contributed by atoms with Crippen molar-refractivity contribution in [3.05, 3.63) is 97.2 Å². The first-order valence-electron chi connectivity index (χ1n) is 10.3. The average Bonchev–Trinajstić information content (AvgIpc) is 2.82. The van der Waals surface area contributed by atoms with E-state index in [0.717, 1.165) is 22.8 Å². The van der Waals surface area contributed by atoms with E-state index in [9.17, 15) is 0 Å². The molecule has 0 N–H and O–H groups in total. The monoisotopic (exact) mass is 381 g/mol. The Morgan fingerprint density at radius 3 is 2.37 bits per heavy atom. The second-order valence-corrected chi connectivity index (χ2v) is 7.94. The Kier molecular flexibility index (Phi) is 3.11. The maximum atomic E-state index is 6.61. The quantitative estimate of drug-likeness (QED) is 0.391. The molecule has 138 valence electrons. The van der Waals surface area contributed by atoms with Crippen LogP contribution in [0.3, 0.4) is 0 Å². The lowest BCUT2D eigenvalue weighted by Gasteiger charge is -2.34. The molecular weight excluding hydrogens is 365 g/mol. The third-order valence-corrected chi connectivity index (χ3v) is 6.41. The predicted molar refractivity (Wildman–Crippen MR) is 124 cm³/mol. The third kappa shape index (κ3) is 2.02. The number of aromatic nitrogens is 1. The summed E-state index contributed by atoms with van der Waals surface area (Å²) in [7, 11) is 0. The van der Waals surface area contributed by atoms with E-state index in [-0.39, 0.29) is 6.71 Å². The van der Waals surface area contributed by atoms with Crippen LogP contribution in [0.15, 0.2) is 97.2 Å². The number of benzene rings is 4. The van der Waals surface area contributed by atoms with E-state index < -0.39 is 0 Å². The SMILES string of the molecule is c1ccc(-c2cccc3c2Oc2ccc4cccc5c4c2B3c2ccccc2-5)nc1. The van der Waals surface area contributed by atoms with Crippen molar-refractivity contribution in [2.75, 3.05) is 0 Å². The first-order valence-corrected chi connectivity index (χ1v) is 10.3. The molecule has 7 rings (SSSR count). The van der Waals surface area contributed by atoms with Gasteiger partial charge in [-0.05, 0) is 57.1 Å². The van der Waals surface area contributed by atoms with Crippen LogP contribution >= 0.6 is 0 Å². The van der Waals surface area contributed by atoms with Gasteiger partial charge in [-0.15, -0.1) is 0 Å². The number of nitrogens with zero attached hydrogens (tertiary/aromatic N) is 1. The summed E-state index contributed by atoms with van der Waals surface area (Å²) in [5.41, 5.74) is 8.41. The minimum Gasteiger partial charge on any atom is -0.458 e. The lowest BCUT2D eigenvalue weighted by molar-refractivity contribution is 0.489. The van der Waals surface area contributed by atoms with Gasteiger partial charge in [0.25, 0.3) is 6.71 Å². The zero-order valence-electron chi connectivity index (χ0n) is 16.2. The van der Waals surface area contributed by atoms with Crippen LogP contribution in [0.5, 0.6) is 11.5 Å². The molecule has 2 aliphatic rings. The van der Waals surface area contributed by atoms with Gasteiger partial charge >= 0.3 is 0 Å². The van der Waals surface area contributed by atoms with Crippen LogP contribution in [0.1, 0.15) is 0 Å². The van der Waals surface area contributed by atoms with E-state index in [2.05, 4.69) is 77.8 Å². The smallest absolute Gasteiger partial charge is 0.252 e. The van der Waals surface area contributed by atoms with Gasteiger partial charge in [0.2, 0.25) is 0 Å². The van der Waals surface area contributed by atoms with E-state index in [1.165, 1.54) is 38.3 Å². The van der Waals surface area contributed by atoms with E-state index in [1.54, 1.807) is 0 Å². The molecule has 3 heteroatoms. The normalized spacial score (nSPS) is 12.9. The van der Waals surface area contributed by atoms with Gasteiger partial charge in [0.15, 0.2) is 0 Å². The Balaban J connectivity index is 1.61. The molecule has 5 aromatic rings. The zero-order chi connectivity index (χ0) is 19.7. The molecule has 0 fully saturated rings. The molecule has 4 aromatic carbocycles. The maximum absolute atomic E-state index is 6.61. The number of fused-ring (bicyclic) bond motifs is 5. The van der Waals surface area contributed by atoms with Crippen LogP contribution < -0.4 is 21.1 Å². The van der Waals surface area contributed by atoms with E-state index in [4.69, 9.17) is 4.74 Å². The molecule has 0 unspecified atom stereocenters. The highest BCUT2D eigenvalue weighted by molar-refractivity contribution is 7.00. The largest absolute Gasteiger partial charge is 0.458 e. The molecule has 1 aromatic heterocycles. The van der Waals surface area contributed by atoms with Gasteiger partial charge in [-0.25, -0.2) is 0 Å². The van der Waals surface area contributed by atoms with Gasteiger partial charge in [-0.2, -0.15) is 0 Å². The summed E-state index contributed by atoms with van der Waals surface area (Å²) < 4.78 is 6.61. The van der Waals surface area contributed by atoms with Crippen molar-refractivity contribution in [3.63, 3.8) is 0 Å². The summed E-state index contributed by atoms with van der Waals surface area (Å²) in [4.78, 5) is 4.59. The van der Waals surface area contributed by atoms with E-state index in [1.807, 2.05) is 24.4 Å². The van der Waals surface area contributed by atoms with Gasteiger partial charge in [0, 0.05) is 11.8 Å². The van der Waals surface area contributed by atoms with E-state index in [0.29, 0.717) is 0 Å². The standard InChI is InChI=1S/C27H16BNO/c1-2-11-21-18(8-1)19-9-5-7-17-14-15-24-26(25(17)19)28(21)22-12-6-10-20(27(22)30-24)23-13-3-4-16-29-23/h1-16H. The van der Waals surface area contributed by atoms with Crippen LogP contribution in [0.4, 0.5) is 0 Å². The first kappa shape index (κ1) is 16.0. The molecule has 0 spiro atoms. The lowest BCUT2D eigenvalue weighted by atomic mass is 9.33. The fourth-order valence-electron chi connectivity index (χ4n) is 5.19. The molecule has 0 saturated carbocycles. The van der Waals surface area contributed by atoms with Gasteiger partial charge in [-0.1, -0.05) is 72.2 Å². The molecular formula is C27H16BNO. The maximum Gasteiger partial charge on any atom is 0.252 e. The zero-order valence-corrected chi connectivity index (χ0v) is 16.2. The Morgan fingerprint density at radius 1 is 0.633 bits per heavy atom. The van der Waals surface area contributed by atoms with Crippen molar-refractivity contribution < 1.29 is 4.74 Å². The number of para-hydroxylation sites is 1. The molecule has 0 atom stereocenters. The Bertz CT molecular complexity index is 1480. The van der Waals surface area contributed by atoms with Gasteiger partial charge in [0.05, 0.1) is 5.69 Å². The molecule has 2 nitrogen and oxygen atoms in total. The number of pyridine rings is 1. The third-order valence-electron chi connectivity index (χ3n) is 6.41. The first-order chi connectivity index (χ1) is 14.9. The topological polar surface area (TPSA) is 22.1 Å². The van der Waals surface area contributed by atoms with Crippen LogP contribution in [-0.4, -0.2) is 11.7 Å². The Hall–Kier alpha value is -3.85. The van der Waals surface area contributed by atoms with Crippen LogP contribution in [0, 0.1) is 0 Å².